The number of oxazole rings is 1. The molecule has 0 aliphatic carbocycles. The predicted molar refractivity (Wildman–Crippen MR) is 74.5 cm³/mol. The largest absolute Gasteiger partial charge is 0.444 e. The normalized spacial score (nSPS) is 11.9. The molecule has 0 saturated carbocycles. The van der Waals surface area contributed by atoms with E-state index in [1.807, 2.05) is 27.7 Å². The molecule has 1 N–H and O–H groups in total. The van der Waals surface area contributed by atoms with Gasteiger partial charge >= 0.3 is 0 Å². The van der Waals surface area contributed by atoms with Crippen LogP contribution in [0.3, 0.4) is 0 Å². The number of carbonyl (C=O) groups excluding carboxylic acids is 1. The molecule has 0 aromatic carbocycles. The minimum Gasteiger partial charge on any atom is -0.444 e. The van der Waals surface area contributed by atoms with E-state index in [-0.39, 0.29) is 17.7 Å². The van der Waals surface area contributed by atoms with E-state index in [0.29, 0.717) is 18.2 Å². The molecule has 1 rings (SSSR count). The molecule has 0 aliphatic rings. The van der Waals surface area contributed by atoms with Gasteiger partial charge in [0, 0.05) is 19.6 Å². The number of carbonyl (C=O) groups is 1. The van der Waals surface area contributed by atoms with E-state index < -0.39 is 6.29 Å². The van der Waals surface area contributed by atoms with Crippen LogP contribution >= 0.6 is 0 Å². The first-order chi connectivity index (χ1) is 9.27. The number of nitrogens with one attached hydrogen (secondary N) is 1. The Kier molecular flexibility index (Phi) is 5.71. The molecule has 20 heavy (non-hydrogen) atoms. The van der Waals surface area contributed by atoms with E-state index in [4.69, 9.17) is 13.9 Å². The van der Waals surface area contributed by atoms with Crippen molar-refractivity contribution in [3.8, 4) is 0 Å². The molecular weight excluding hydrogens is 260 g/mol. The second-order valence-electron chi connectivity index (χ2n) is 5.66. The fourth-order valence-corrected chi connectivity index (χ4v) is 1.58. The van der Waals surface area contributed by atoms with E-state index in [1.165, 1.54) is 14.2 Å². The number of ether oxygens (including phenoxy) is 2. The van der Waals surface area contributed by atoms with Crippen LogP contribution < -0.4 is 5.32 Å². The fraction of sp³-hybridized carbons (Fsp3) is 0.714. The number of rotatable bonds is 6. The number of methoxy groups -OCH3 is 2. The van der Waals surface area contributed by atoms with Crippen molar-refractivity contribution >= 4 is 5.91 Å². The van der Waals surface area contributed by atoms with Crippen molar-refractivity contribution in [2.45, 2.75) is 45.8 Å². The highest BCUT2D eigenvalue weighted by Crippen LogP contribution is 2.23. The Morgan fingerprint density at radius 1 is 1.35 bits per heavy atom. The van der Waals surface area contributed by atoms with Gasteiger partial charge < -0.3 is 19.2 Å². The van der Waals surface area contributed by atoms with Crippen LogP contribution in [0.15, 0.2) is 4.42 Å². The Morgan fingerprint density at radius 2 is 1.95 bits per heavy atom. The summed E-state index contributed by atoms with van der Waals surface area (Å²) in [5.74, 6) is 1.09. The zero-order chi connectivity index (χ0) is 15.3. The first-order valence-electron chi connectivity index (χ1n) is 6.57. The van der Waals surface area contributed by atoms with Gasteiger partial charge in [-0.2, -0.15) is 0 Å². The van der Waals surface area contributed by atoms with Crippen molar-refractivity contribution < 1.29 is 18.7 Å². The zero-order valence-corrected chi connectivity index (χ0v) is 13.1. The van der Waals surface area contributed by atoms with Crippen LogP contribution in [0.5, 0.6) is 0 Å². The average Bonchev–Trinajstić information content (AvgIpc) is 2.72. The summed E-state index contributed by atoms with van der Waals surface area (Å²) >= 11 is 0. The molecule has 1 heterocycles. The Morgan fingerprint density at radius 3 is 2.40 bits per heavy atom. The fourth-order valence-electron chi connectivity index (χ4n) is 1.58. The maximum absolute atomic E-state index is 11.8. The maximum Gasteiger partial charge on any atom is 0.227 e. The van der Waals surface area contributed by atoms with Crippen molar-refractivity contribution in [1.82, 2.24) is 10.3 Å². The summed E-state index contributed by atoms with van der Waals surface area (Å²) in [6, 6.07) is 0. The molecule has 1 aromatic heterocycles. The monoisotopic (exact) mass is 284 g/mol. The van der Waals surface area contributed by atoms with Crippen LogP contribution in [0.4, 0.5) is 0 Å². The highest BCUT2D eigenvalue weighted by molar-refractivity contribution is 5.78. The van der Waals surface area contributed by atoms with Gasteiger partial charge in [-0.05, 0) is 6.92 Å². The Bertz CT molecular complexity index is 445. The van der Waals surface area contributed by atoms with Gasteiger partial charge in [0.05, 0.1) is 18.7 Å². The number of aromatic nitrogens is 1. The summed E-state index contributed by atoms with van der Waals surface area (Å²) in [5, 5.41) is 2.73. The van der Waals surface area contributed by atoms with Crippen LogP contribution in [-0.4, -0.2) is 37.9 Å². The second kappa shape index (κ2) is 6.85. The smallest absolute Gasteiger partial charge is 0.227 e. The van der Waals surface area contributed by atoms with Crippen molar-refractivity contribution in [1.29, 1.82) is 0 Å². The standard InChI is InChI=1S/C14H24N2O4/c1-9-10(20-13(16-9)14(2,3)4)7-11(17)15-8-12(18-5)19-6/h12H,7-8H2,1-6H3,(H,15,17). The highest BCUT2D eigenvalue weighted by atomic mass is 16.7. The molecule has 1 amide bonds. The van der Waals surface area contributed by atoms with Crippen LogP contribution in [0.25, 0.3) is 0 Å². The number of amides is 1. The number of aryl methyl sites for hydroxylation is 1. The second-order valence-corrected chi connectivity index (χ2v) is 5.66. The molecule has 0 radical (unpaired) electrons. The molecule has 0 unspecified atom stereocenters. The molecule has 0 atom stereocenters. The first kappa shape index (κ1) is 16.7. The third-order valence-electron chi connectivity index (χ3n) is 2.85. The van der Waals surface area contributed by atoms with Gasteiger partial charge in [0.1, 0.15) is 5.76 Å². The third kappa shape index (κ3) is 4.61. The summed E-state index contributed by atoms with van der Waals surface area (Å²) < 4.78 is 15.7. The van der Waals surface area contributed by atoms with Crippen LogP contribution in [0.2, 0.25) is 0 Å². The lowest BCUT2D eigenvalue weighted by Gasteiger charge is -2.14. The molecule has 0 aliphatic heterocycles. The van der Waals surface area contributed by atoms with Crippen LogP contribution in [0.1, 0.15) is 38.1 Å². The molecule has 0 bridgehead atoms. The van der Waals surface area contributed by atoms with Gasteiger partial charge in [0.2, 0.25) is 5.91 Å². The van der Waals surface area contributed by atoms with Crippen molar-refractivity contribution in [3.05, 3.63) is 17.3 Å². The third-order valence-corrected chi connectivity index (χ3v) is 2.85. The van der Waals surface area contributed by atoms with Gasteiger partial charge in [0.25, 0.3) is 0 Å². The number of hydrogen-bond donors (Lipinski definition) is 1. The number of hydrogen-bond acceptors (Lipinski definition) is 5. The molecule has 114 valence electrons. The Labute approximate surface area is 119 Å². The molecule has 0 saturated heterocycles. The Balaban J connectivity index is 2.60. The summed E-state index contributed by atoms with van der Waals surface area (Å²) in [5.41, 5.74) is 0.580. The van der Waals surface area contributed by atoms with Crippen LogP contribution in [-0.2, 0) is 26.1 Å². The molecule has 6 nitrogen and oxygen atoms in total. The van der Waals surface area contributed by atoms with Gasteiger partial charge in [-0.1, -0.05) is 20.8 Å². The van der Waals surface area contributed by atoms with E-state index in [1.54, 1.807) is 0 Å². The van der Waals surface area contributed by atoms with Gasteiger partial charge in [-0.25, -0.2) is 4.98 Å². The first-order valence-corrected chi connectivity index (χ1v) is 6.57. The van der Waals surface area contributed by atoms with E-state index in [0.717, 1.165) is 5.69 Å². The quantitative estimate of drug-likeness (QED) is 0.802. The van der Waals surface area contributed by atoms with Gasteiger partial charge in [-0.3, -0.25) is 4.79 Å². The lowest BCUT2D eigenvalue weighted by molar-refractivity contribution is -0.127. The van der Waals surface area contributed by atoms with Gasteiger partial charge in [0.15, 0.2) is 12.2 Å². The summed E-state index contributed by atoms with van der Waals surface area (Å²) in [4.78, 5) is 16.2. The molecule has 6 heteroatoms. The number of nitrogens with zero attached hydrogens (tertiary/aromatic N) is 1. The molecule has 1 aromatic rings. The van der Waals surface area contributed by atoms with Crippen molar-refractivity contribution in [2.75, 3.05) is 20.8 Å². The summed E-state index contributed by atoms with van der Waals surface area (Å²) in [7, 11) is 3.05. The maximum atomic E-state index is 11.8. The topological polar surface area (TPSA) is 73.6 Å². The van der Waals surface area contributed by atoms with Crippen LogP contribution in [0, 0.1) is 6.92 Å². The van der Waals surface area contributed by atoms with Gasteiger partial charge in [-0.15, -0.1) is 0 Å². The van der Waals surface area contributed by atoms with Crippen molar-refractivity contribution in [2.24, 2.45) is 0 Å². The average molecular weight is 284 g/mol. The predicted octanol–water partition coefficient (Wildman–Crippen LogP) is 1.56. The van der Waals surface area contributed by atoms with Crippen molar-refractivity contribution in [3.63, 3.8) is 0 Å². The van der Waals surface area contributed by atoms with E-state index in [2.05, 4.69) is 10.3 Å². The minimum atomic E-state index is -0.445. The SMILES string of the molecule is COC(CNC(=O)Cc1oc(C(C)(C)C)nc1C)OC. The van der Waals surface area contributed by atoms with E-state index in [9.17, 15) is 4.79 Å². The summed E-state index contributed by atoms with van der Waals surface area (Å²) in [6.45, 7) is 8.19. The summed E-state index contributed by atoms with van der Waals surface area (Å²) in [6.07, 6.45) is -0.283. The minimum absolute atomic E-state index is 0.149. The lowest BCUT2D eigenvalue weighted by Crippen LogP contribution is -2.35. The molecule has 0 spiro atoms. The zero-order valence-electron chi connectivity index (χ0n) is 13.1. The lowest BCUT2D eigenvalue weighted by atomic mass is 9.97. The molecule has 0 fully saturated rings. The van der Waals surface area contributed by atoms with E-state index >= 15 is 0 Å². The highest BCUT2D eigenvalue weighted by Gasteiger charge is 2.23. The molecular formula is C14H24N2O4. The Hall–Kier alpha value is -1.40.